The van der Waals surface area contributed by atoms with Gasteiger partial charge in [-0.2, -0.15) is 0 Å². The Kier molecular flexibility index (Phi) is 12.1. The second-order valence-corrected chi connectivity index (χ2v) is 7.87. The molecule has 13 N–H and O–H groups in total. The first kappa shape index (κ1) is 28.4. The van der Waals surface area contributed by atoms with Crippen LogP contribution in [0.3, 0.4) is 0 Å². The number of carboxylic acid groups (broad SMARTS) is 1. The van der Waals surface area contributed by atoms with Crippen molar-refractivity contribution in [2.45, 2.75) is 56.7 Å². The van der Waals surface area contributed by atoms with Crippen LogP contribution in [-0.4, -0.2) is 89.9 Å². The number of hydrogen-bond acceptors (Lipinski definition) is 7. The minimum Gasteiger partial charge on any atom is -0.480 e. The number of guanidine groups is 2. The number of carboxylic acids is 1. The van der Waals surface area contributed by atoms with Gasteiger partial charge < -0.3 is 49.3 Å². The van der Waals surface area contributed by atoms with Crippen LogP contribution in [-0.2, 0) is 19.2 Å². The summed E-state index contributed by atoms with van der Waals surface area (Å²) in [5, 5.41) is 13.7. The monoisotopic (exact) mass is 484 g/mol. The summed E-state index contributed by atoms with van der Waals surface area (Å²) in [6, 6.07) is -2.63. The number of nitrogens with two attached hydrogens (primary N) is 5. The van der Waals surface area contributed by atoms with Crippen LogP contribution < -0.4 is 39.3 Å². The molecular weight excluding hydrogens is 448 g/mol. The maximum Gasteiger partial charge on any atom is 0.322 e. The summed E-state index contributed by atoms with van der Waals surface area (Å²) in [7, 11) is 0. The molecule has 192 valence electrons. The first-order valence-corrected chi connectivity index (χ1v) is 11.0. The maximum atomic E-state index is 13.0. The first-order valence-electron chi connectivity index (χ1n) is 11.0. The number of carbonyl (C=O) groups excluding carboxylic acids is 3. The van der Waals surface area contributed by atoms with Gasteiger partial charge in [0.25, 0.3) is 0 Å². The number of likely N-dealkylation sites (tertiary alicyclic amines) is 1. The van der Waals surface area contributed by atoms with Crippen molar-refractivity contribution < 1.29 is 24.3 Å². The van der Waals surface area contributed by atoms with E-state index in [0.29, 0.717) is 45.2 Å². The largest absolute Gasteiger partial charge is 0.480 e. The third kappa shape index (κ3) is 10.3. The highest BCUT2D eigenvalue weighted by molar-refractivity contribution is 5.94. The van der Waals surface area contributed by atoms with Crippen LogP contribution in [0.5, 0.6) is 0 Å². The molecule has 15 heteroatoms. The van der Waals surface area contributed by atoms with Crippen molar-refractivity contribution in [1.82, 2.24) is 15.5 Å². The molecule has 3 unspecified atom stereocenters. The van der Waals surface area contributed by atoms with Crippen LogP contribution in [0.2, 0.25) is 0 Å². The van der Waals surface area contributed by atoms with Crippen LogP contribution >= 0.6 is 0 Å². The number of nitrogens with one attached hydrogen (secondary N) is 2. The lowest BCUT2D eigenvalue weighted by molar-refractivity contribution is -0.141. The van der Waals surface area contributed by atoms with Gasteiger partial charge in [-0.3, -0.25) is 29.2 Å². The molecular formula is C19H36N10O5. The van der Waals surface area contributed by atoms with Crippen molar-refractivity contribution in [2.24, 2.45) is 38.7 Å². The quantitative estimate of drug-likeness (QED) is 0.0673. The Morgan fingerprint density at radius 1 is 1.00 bits per heavy atom. The van der Waals surface area contributed by atoms with Gasteiger partial charge in [0.2, 0.25) is 17.7 Å². The highest BCUT2D eigenvalue weighted by Crippen LogP contribution is 2.19. The standard InChI is InChI=1S/C19H36N10O5/c20-11(4-1-7-25-18(21)22)17(34)29-9-3-6-13(29)16(33)28-12(5-2-8-26-19(23)24)15(32)27-10-14(30)31/h11-13H,1-10,20H2,(H,27,32)(H,28,33)(H,30,31)(H4,21,22,25)(H4,23,24,26). The third-order valence-corrected chi connectivity index (χ3v) is 5.12. The van der Waals surface area contributed by atoms with Gasteiger partial charge in [-0.1, -0.05) is 0 Å². The fraction of sp³-hybridized carbons (Fsp3) is 0.684. The Morgan fingerprint density at radius 2 is 1.59 bits per heavy atom. The van der Waals surface area contributed by atoms with Crippen molar-refractivity contribution >= 4 is 35.6 Å². The summed E-state index contributed by atoms with van der Waals surface area (Å²) < 4.78 is 0. The van der Waals surface area contributed by atoms with Crippen LogP contribution in [0.25, 0.3) is 0 Å². The molecule has 15 nitrogen and oxygen atoms in total. The molecule has 1 aliphatic rings. The zero-order valence-electron chi connectivity index (χ0n) is 19.1. The molecule has 1 fully saturated rings. The Bertz CT molecular complexity index is 779. The Morgan fingerprint density at radius 3 is 2.15 bits per heavy atom. The van der Waals surface area contributed by atoms with Crippen LogP contribution in [0.1, 0.15) is 38.5 Å². The summed E-state index contributed by atoms with van der Waals surface area (Å²) in [4.78, 5) is 58.1. The van der Waals surface area contributed by atoms with E-state index in [4.69, 9.17) is 33.8 Å². The molecule has 34 heavy (non-hydrogen) atoms. The average molecular weight is 485 g/mol. The lowest BCUT2D eigenvalue weighted by Crippen LogP contribution is -2.55. The summed E-state index contributed by atoms with van der Waals surface area (Å²) >= 11 is 0. The average Bonchev–Trinajstić information content (AvgIpc) is 3.26. The Hall–Kier alpha value is -3.62. The van der Waals surface area contributed by atoms with E-state index >= 15 is 0 Å². The molecule has 0 aromatic carbocycles. The van der Waals surface area contributed by atoms with Gasteiger partial charge in [-0.15, -0.1) is 0 Å². The molecule has 0 aromatic rings. The Labute approximate surface area is 197 Å². The van der Waals surface area contributed by atoms with E-state index in [0.717, 1.165) is 0 Å². The fourth-order valence-corrected chi connectivity index (χ4v) is 3.49. The number of nitrogens with zero attached hydrogens (tertiary/aromatic N) is 3. The predicted octanol–water partition coefficient (Wildman–Crippen LogP) is -3.90. The van der Waals surface area contributed by atoms with Gasteiger partial charge in [0, 0.05) is 19.6 Å². The van der Waals surface area contributed by atoms with E-state index in [9.17, 15) is 19.2 Å². The molecule has 0 bridgehead atoms. The normalized spacial score (nSPS) is 16.7. The van der Waals surface area contributed by atoms with E-state index < -0.39 is 42.5 Å². The second kappa shape index (κ2) is 14.5. The number of aliphatic imine (C=N–C) groups is 2. The summed E-state index contributed by atoms with van der Waals surface area (Å²) in [5.41, 5.74) is 27.1. The third-order valence-electron chi connectivity index (χ3n) is 5.12. The van der Waals surface area contributed by atoms with Crippen molar-refractivity contribution in [3.8, 4) is 0 Å². The number of rotatable bonds is 14. The van der Waals surface area contributed by atoms with Crippen LogP contribution in [0, 0.1) is 0 Å². The van der Waals surface area contributed by atoms with E-state index in [1.54, 1.807) is 0 Å². The molecule has 1 saturated heterocycles. The van der Waals surface area contributed by atoms with E-state index in [2.05, 4.69) is 20.6 Å². The summed E-state index contributed by atoms with van der Waals surface area (Å²) in [6.45, 7) is 0.324. The van der Waals surface area contributed by atoms with Crippen molar-refractivity contribution in [3.63, 3.8) is 0 Å². The zero-order valence-corrected chi connectivity index (χ0v) is 19.1. The number of hydrogen-bond donors (Lipinski definition) is 8. The minimum absolute atomic E-state index is 0.0450. The highest BCUT2D eigenvalue weighted by Gasteiger charge is 2.37. The van der Waals surface area contributed by atoms with Gasteiger partial charge in [-0.25, -0.2) is 0 Å². The van der Waals surface area contributed by atoms with Crippen molar-refractivity contribution in [3.05, 3.63) is 0 Å². The van der Waals surface area contributed by atoms with Gasteiger partial charge >= 0.3 is 5.97 Å². The molecule has 3 amide bonds. The zero-order chi connectivity index (χ0) is 25.7. The molecule has 1 heterocycles. The molecule has 1 rings (SSSR count). The predicted molar refractivity (Wildman–Crippen MR) is 125 cm³/mol. The topological polar surface area (TPSA) is 271 Å². The number of aliphatic carboxylic acids is 1. The van der Waals surface area contributed by atoms with Gasteiger partial charge in [0.05, 0.1) is 6.04 Å². The summed E-state index contributed by atoms with van der Waals surface area (Å²) in [5.74, 6) is -2.92. The van der Waals surface area contributed by atoms with Crippen LogP contribution in [0.4, 0.5) is 0 Å². The summed E-state index contributed by atoms with van der Waals surface area (Å²) in [6.07, 6.45) is 2.37. The second-order valence-electron chi connectivity index (χ2n) is 7.87. The fourth-order valence-electron chi connectivity index (χ4n) is 3.49. The van der Waals surface area contributed by atoms with E-state index in [1.807, 2.05) is 0 Å². The molecule has 0 saturated carbocycles. The number of carbonyl (C=O) groups is 4. The SMILES string of the molecule is NC(N)=NCCCC(N)C(=O)N1CCCC1C(=O)NC(CCCN=C(N)N)C(=O)NCC(=O)O. The molecule has 1 aliphatic heterocycles. The van der Waals surface area contributed by atoms with Gasteiger partial charge in [0.1, 0.15) is 18.6 Å². The molecule has 3 atom stereocenters. The minimum atomic E-state index is -1.22. The lowest BCUT2D eigenvalue weighted by Gasteiger charge is -2.28. The highest BCUT2D eigenvalue weighted by atomic mass is 16.4. The lowest BCUT2D eigenvalue weighted by atomic mass is 10.1. The van der Waals surface area contributed by atoms with Gasteiger partial charge in [-0.05, 0) is 38.5 Å². The Balaban J connectivity index is 2.76. The van der Waals surface area contributed by atoms with Crippen molar-refractivity contribution in [2.75, 3.05) is 26.2 Å². The number of amides is 3. The first-order chi connectivity index (χ1) is 16.0. The van der Waals surface area contributed by atoms with E-state index in [-0.39, 0.29) is 30.8 Å². The van der Waals surface area contributed by atoms with Gasteiger partial charge in [0.15, 0.2) is 11.9 Å². The van der Waals surface area contributed by atoms with E-state index in [1.165, 1.54) is 4.90 Å². The molecule has 0 aliphatic carbocycles. The molecule has 0 radical (unpaired) electrons. The van der Waals surface area contributed by atoms with Crippen molar-refractivity contribution in [1.29, 1.82) is 0 Å². The smallest absolute Gasteiger partial charge is 0.322 e. The maximum absolute atomic E-state index is 13.0. The van der Waals surface area contributed by atoms with Crippen LogP contribution in [0.15, 0.2) is 9.98 Å². The molecule has 0 spiro atoms. The molecule has 0 aromatic heterocycles.